The predicted octanol–water partition coefficient (Wildman–Crippen LogP) is 6.88. The summed E-state index contributed by atoms with van der Waals surface area (Å²) in [6.45, 7) is 8.80. The summed E-state index contributed by atoms with van der Waals surface area (Å²) in [6.07, 6.45) is 2.11. The molecule has 0 atom stereocenters. The van der Waals surface area contributed by atoms with Crippen LogP contribution in [0.25, 0.3) is 0 Å². The Morgan fingerprint density at radius 1 is 0.556 bits per heavy atom. The summed E-state index contributed by atoms with van der Waals surface area (Å²) in [6, 6.07) is 23.0. The Bertz CT molecular complexity index is 1020. The lowest BCUT2D eigenvalue weighted by molar-refractivity contribution is -0.133. The first kappa shape index (κ1) is 24.5. The smallest absolute Gasteiger partial charge is 0.131 e. The molecule has 0 bridgehead atoms. The zero-order valence-electron chi connectivity index (χ0n) is 21.0. The van der Waals surface area contributed by atoms with Gasteiger partial charge < -0.3 is 28.4 Å². The van der Waals surface area contributed by atoms with E-state index in [1.807, 2.05) is 72.8 Å². The Hall–Kier alpha value is -3.22. The summed E-state index contributed by atoms with van der Waals surface area (Å²) in [4.78, 5) is 0. The monoisotopic (exact) mass is 490 g/mol. The van der Waals surface area contributed by atoms with Gasteiger partial charge in [0.1, 0.15) is 34.5 Å². The maximum absolute atomic E-state index is 6.03. The largest absolute Gasteiger partial charge is 0.493 e. The van der Waals surface area contributed by atoms with Crippen molar-refractivity contribution in [1.29, 1.82) is 0 Å². The van der Waals surface area contributed by atoms with E-state index in [2.05, 4.69) is 13.8 Å². The molecule has 5 rings (SSSR count). The van der Waals surface area contributed by atoms with Crippen molar-refractivity contribution in [1.82, 2.24) is 0 Å². The third-order valence-corrected chi connectivity index (χ3v) is 7.15. The van der Waals surface area contributed by atoms with Crippen LogP contribution in [0.15, 0.2) is 72.8 Å². The van der Waals surface area contributed by atoms with Crippen molar-refractivity contribution in [3.05, 3.63) is 72.8 Å². The van der Waals surface area contributed by atoms with E-state index >= 15 is 0 Å². The highest BCUT2D eigenvalue weighted by Gasteiger charge is 2.38. The van der Waals surface area contributed by atoms with Gasteiger partial charge in [0.25, 0.3) is 0 Å². The number of ether oxygens (including phenoxy) is 6. The lowest BCUT2D eigenvalue weighted by Crippen LogP contribution is -2.46. The van der Waals surface area contributed by atoms with Gasteiger partial charge in [0.15, 0.2) is 0 Å². The van der Waals surface area contributed by atoms with Gasteiger partial charge in [-0.1, -0.05) is 19.9 Å². The van der Waals surface area contributed by atoms with Gasteiger partial charge in [0.2, 0.25) is 0 Å². The Morgan fingerprint density at radius 3 is 1.28 bits per heavy atom. The standard InChI is InChI=1S/C30H34O6/c1-3-29(17-31-18-29)21-33-23-8-12-25(13-9-23)35-27-6-5-7-28(16-27)36-26-14-10-24(11-15-26)34-22-30(4-2)19-32-20-30/h5-16H,3-4,17-22H2,1-2H3. The first-order chi connectivity index (χ1) is 17.6. The lowest BCUT2D eigenvalue weighted by atomic mass is 9.84. The molecule has 2 fully saturated rings. The number of hydrogen-bond acceptors (Lipinski definition) is 6. The fraction of sp³-hybridized carbons (Fsp3) is 0.400. The third-order valence-electron chi connectivity index (χ3n) is 7.15. The van der Waals surface area contributed by atoms with E-state index in [1.54, 1.807) is 0 Å². The Morgan fingerprint density at radius 2 is 0.944 bits per heavy atom. The topological polar surface area (TPSA) is 55.4 Å². The molecule has 0 spiro atoms. The predicted molar refractivity (Wildman–Crippen MR) is 138 cm³/mol. The van der Waals surface area contributed by atoms with E-state index in [1.165, 1.54) is 0 Å². The van der Waals surface area contributed by atoms with Gasteiger partial charge in [-0.25, -0.2) is 0 Å². The average molecular weight is 491 g/mol. The van der Waals surface area contributed by atoms with Crippen molar-refractivity contribution in [2.24, 2.45) is 10.8 Å². The van der Waals surface area contributed by atoms with Crippen LogP contribution in [0.2, 0.25) is 0 Å². The first-order valence-corrected chi connectivity index (χ1v) is 12.7. The second-order valence-electron chi connectivity index (χ2n) is 9.89. The maximum atomic E-state index is 6.03. The number of rotatable bonds is 12. The van der Waals surface area contributed by atoms with Crippen molar-refractivity contribution >= 4 is 0 Å². The zero-order chi connectivity index (χ0) is 24.8. The molecule has 0 saturated carbocycles. The van der Waals surface area contributed by atoms with Gasteiger partial charge in [-0.3, -0.25) is 0 Å². The normalized spacial score (nSPS) is 17.4. The van der Waals surface area contributed by atoms with E-state index in [4.69, 9.17) is 28.4 Å². The van der Waals surface area contributed by atoms with Crippen LogP contribution in [0.5, 0.6) is 34.5 Å². The summed E-state index contributed by atoms with van der Waals surface area (Å²) >= 11 is 0. The molecular formula is C30H34O6. The van der Waals surface area contributed by atoms with Crippen LogP contribution < -0.4 is 18.9 Å². The third kappa shape index (κ3) is 5.77. The van der Waals surface area contributed by atoms with E-state index in [0.717, 1.165) is 62.3 Å². The van der Waals surface area contributed by atoms with Crippen molar-refractivity contribution in [3.8, 4) is 34.5 Å². The minimum atomic E-state index is 0.159. The van der Waals surface area contributed by atoms with Crippen molar-refractivity contribution in [2.75, 3.05) is 39.6 Å². The van der Waals surface area contributed by atoms with Crippen LogP contribution in [0.3, 0.4) is 0 Å². The fourth-order valence-corrected chi connectivity index (χ4v) is 4.11. The van der Waals surface area contributed by atoms with Gasteiger partial charge >= 0.3 is 0 Å². The Labute approximate surface area is 213 Å². The first-order valence-electron chi connectivity index (χ1n) is 12.7. The van der Waals surface area contributed by atoms with Gasteiger partial charge in [-0.2, -0.15) is 0 Å². The summed E-state index contributed by atoms with van der Waals surface area (Å²) in [5.41, 5.74) is 0.318. The second kappa shape index (κ2) is 10.8. The van der Waals surface area contributed by atoms with E-state index in [0.29, 0.717) is 24.7 Å². The molecule has 3 aromatic carbocycles. The summed E-state index contributed by atoms with van der Waals surface area (Å²) in [5.74, 6) is 4.53. The van der Waals surface area contributed by atoms with Crippen LogP contribution in [0.1, 0.15) is 26.7 Å². The van der Waals surface area contributed by atoms with E-state index in [9.17, 15) is 0 Å². The highest BCUT2D eigenvalue weighted by Crippen LogP contribution is 2.34. The van der Waals surface area contributed by atoms with Gasteiger partial charge in [0, 0.05) is 6.07 Å². The molecule has 0 radical (unpaired) electrons. The quantitative estimate of drug-likeness (QED) is 0.276. The molecule has 3 aromatic rings. The van der Waals surface area contributed by atoms with Gasteiger partial charge in [0.05, 0.1) is 50.5 Å². The second-order valence-corrected chi connectivity index (χ2v) is 9.89. The maximum Gasteiger partial charge on any atom is 0.131 e. The Balaban J connectivity index is 1.13. The van der Waals surface area contributed by atoms with E-state index in [-0.39, 0.29) is 10.8 Å². The molecule has 0 aromatic heterocycles. The molecular weight excluding hydrogens is 456 g/mol. The minimum absolute atomic E-state index is 0.159. The van der Waals surface area contributed by atoms with Crippen molar-refractivity contribution in [3.63, 3.8) is 0 Å². The van der Waals surface area contributed by atoms with E-state index < -0.39 is 0 Å². The number of hydrogen-bond donors (Lipinski definition) is 0. The molecule has 2 saturated heterocycles. The molecule has 2 aliphatic rings. The summed E-state index contributed by atoms with van der Waals surface area (Å²) in [5, 5.41) is 0. The molecule has 6 heteroatoms. The zero-order valence-corrected chi connectivity index (χ0v) is 21.0. The molecule has 2 heterocycles. The highest BCUT2D eigenvalue weighted by atomic mass is 16.5. The molecule has 0 unspecified atom stereocenters. The molecule has 0 aliphatic carbocycles. The molecule has 2 aliphatic heterocycles. The van der Waals surface area contributed by atoms with Crippen LogP contribution in [0.4, 0.5) is 0 Å². The van der Waals surface area contributed by atoms with Gasteiger partial charge in [-0.05, 0) is 73.5 Å². The Kier molecular flexibility index (Phi) is 7.35. The molecule has 0 amide bonds. The highest BCUT2D eigenvalue weighted by molar-refractivity contribution is 5.41. The van der Waals surface area contributed by atoms with Gasteiger partial charge in [-0.15, -0.1) is 0 Å². The van der Waals surface area contributed by atoms with Crippen molar-refractivity contribution in [2.45, 2.75) is 26.7 Å². The SMILES string of the molecule is CCC1(COc2ccc(Oc3cccc(Oc4ccc(OCC5(CC)COC5)cc4)c3)cc2)COC1. The van der Waals surface area contributed by atoms with Crippen LogP contribution in [-0.4, -0.2) is 39.6 Å². The van der Waals surface area contributed by atoms with Crippen LogP contribution in [-0.2, 0) is 9.47 Å². The molecule has 0 N–H and O–H groups in total. The van der Waals surface area contributed by atoms with Crippen LogP contribution in [0, 0.1) is 10.8 Å². The average Bonchev–Trinajstić information content (AvgIpc) is 2.85. The van der Waals surface area contributed by atoms with Crippen molar-refractivity contribution < 1.29 is 28.4 Å². The molecule has 190 valence electrons. The fourth-order valence-electron chi connectivity index (χ4n) is 4.11. The molecule has 6 nitrogen and oxygen atoms in total. The van der Waals surface area contributed by atoms with Crippen LogP contribution >= 0.6 is 0 Å². The summed E-state index contributed by atoms with van der Waals surface area (Å²) in [7, 11) is 0. The summed E-state index contributed by atoms with van der Waals surface area (Å²) < 4.78 is 34.8. The minimum Gasteiger partial charge on any atom is -0.493 e. The molecule has 36 heavy (non-hydrogen) atoms. The lowest BCUT2D eigenvalue weighted by Gasteiger charge is -2.40. The number of benzene rings is 3.